The van der Waals surface area contributed by atoms with Crippen molar-refractivity contribution in [1.29, 1.82) is 0 Å². The quantitative estimate of drug-likeness (QED) is 0.670. The Bertz CT molecular complexity index is 870. The molecule has 0 fully saturated rings. The summed E-state index contributed by atoms with van der Waals surface area (Å²) < 4.78 is 11.7. The van der Waals surface area contributed by atoms with Crippen LogP contribution in [0.3, 0.4) is 0 Å². The lowest BCUT2D eigenvalue weighted by atomic mass is 9.97. The lowest BCUT2D eigenvalue weighted by Gasteiger charge is -2.24. The molecule has 24 heavy (non-hydrogen) atoms. The zero-order valence-corrected chi connectivity index (χ0v) is 13.4. The van der Waals surface area contributed by atoms with Crippen LogP contribution in [0.25, 0.3) is 22.3 Å². The summed E-state index contributed by atoms with van der Waals surface area (Å²) in [5, 5.41) is 30.3. The van der Waals surface area contributed by atoms with Crippen molar-refractivity contribution in [3.8, 4) is 28.6 Å². The smallest absolute Gasteiger partial charge is 0.138 e. The number of phenolic OH excluding ortho intramolecular Hbond substituents is 2. The van der Waals surface area contributed by atoms with Crippen LogP contribution in [-0.4, -0.2) is 27.0 Å². The van der Waals surface area contributed by atoms with Crippen LogP contribution in [0.15, 0.2) is 40.8 Å². The fourth-order valence-corrected chi connectivity index (χ4v) is 3.05. The summed E-state index contributed by atoms with van der Waals surface area (Å²) in [7, 11) is 0. The summed E-state index contributed by atoms with van der Waals surface area (Å²) in [5.41, 5.74) is 1.37. The monoisotopic (exact) mass is 326 g/mol. The number of furan rings is 1. The van der Waals surface area contributed by atoms with E-state index < -0.39 is 5.60 Å². The van der Waals surface area contributed by atoms with E-state index in [0.29, 0.717) is 29.1 Å². The summed E-state index contributed by atoms with van der Waals surface area (Å²) in [6.45, 7) is 3.47. The molecule has 2 heterocycles. The first kappa shape index (κ1) is 14.9. The van der Waals surface area contributed by atoms with Crippen LogP contribution in [0.2, 0.25) is 0 Å². The molecule has 1 aliphatic heterocycles. The number of hydrogen-bond acceptors (Lipinski definition) is 5. The minimum Gasteiger partial charge on any atom is -0.508 e. The third-order valence-corrected chi connectivity index (χ3v) is 4.35. The third kappa shape index (κ3) is 2.47. The molecule has 3 N–H and O–H groups in total. The molecule has 0 amide bonds. The molecule has 3 aromatic rings. The molecule has 4 rings (SSSR count). The Kier molecular flexibility index (Phi) is 3.05. The highest BCUT2D eigenvalue weighted by Gasteiger charge is 2.35. The SMILES string of the molecule is CC(C)(O)[C@@H]1Cc2cc3cc(-c4cc(O)cc(O)c4)oc3cc2O1. The van der Waals surface area contributed by atoms with Crippen molar-refractivity contribution in [3.63, 3.8) is 0 Å². The molecule has 0 bridgehead atoms. The van der Waals surface area contributed by atoms with E-state index in [4.69, 9.17) is 9.15 Å². The molecular weight excluding hydrogens is 308 g/mol. The van der Waals surface area contributed by atoms with E-state index >= 15 is 0 Å². The molecule has 0 aliphatic carbocycles. The van der Waals surface area contributed by atoms with E-state index in [-0.39, 0.29) is 17.6 Å². The normalized spacial score (nSPS) is 17.0. The molecule has 0 radical (unpaired) electrons. The van der Waals surface area contributed by atoms with Gasteiger partial charge in [-0.1, -0.05) is 0 Å². The van der Waals surface area contributed by atoms with Gasteiger partial charge in [-0.25, -0.2) is 0 Å². The van der Waals surface area contributed by atoms with E-state index in [1.807, 2.05) is 18.2 Å². The Hall–Kier alpha value is -2.66. The maximum atomic E-state index is 10.1. The summed E-state index contributed by atoms with van der Waals surface area (Å²) in [4.78, 5) is 0. The number of rotatable bonds is 2. The van der Waals surface area contributed by atoms with Crippen LogP contribution in [0.4, 0.5) is 0 Å². The summed E-state index contributed by atoms with van der Waals surface area (Å²) >= 11 is 0. The standard InChI is InChI=1S/C19H18O5/c1-19(2,22)18-7-11-3-10-6-15(23-16(10)9-17(11)24-18)12-4-13(20)8-14(21)5-12/h3-6,8-9,18,20-22H,7H2,1-2H3/t18-/m0/s1. The van der Waals surface area contributed by atoms with Gasteiger partial charge in [0.25, 0.3) is 0 Å². The van der Waals surface area contributed by atoms with Gasteiger partial charge >= 0.3 is 0 Å². The average Bonchev–Trinajstić information content (AvgIpc) is 3.05. The number of hydrogen-bond donors (Lipinski definition) is 3. The van der Waals surface area contributed by atoms with Gasteiger partial charge in [-0.3, -0.25) is 0 Å². The Morgan fingerprint density at radius 3 is 2.38 bits per heavy atom. The van der Waals surface area contributed by atoms with Crippen molar-refractivity contribution >= 4 is 11.0 Å². The second-order valence-corrected chi connectivity index (χ2v) is 6.81. The summed E-state index contributed by atoms with van der Waals surface area (Å²) in [5.74, 6) is 1.22. The molecule has 5 heteroatoms. The van der Waals surface area contributed by atoms with Crippen LogP contribution in [0.1, 0.15) is 19.4 Å². The number of aliphatic hydroxyl groups is 1. The predicted octanol–water partition coefficient (Wildman–Crippen LogP) is 3.59. The Balaban J connectivity index is 1.75. The van der Waals surface area contributed by atoms with E-state index in [9.17, 15) is 15.3 Å². The molecule has 1 atom stereocenters. The molecule has 0 saturated heterocycles. The molecule has 5 nitrogen and oxygen atoms in total. The first-order valence-corrected chi connectivity index (χ1v) is 7.78. The average molecular weight is 326 g/mol. The number of fused-ring (bicyclic) bond motifs is 2. The van der Waals surface area contributed by atoms with Crippen LogP contribution in [-0.2, 0) is 6.42 Å². The van der Waals surface area contributed by atoms with Gasteiger partial charge in [0.2, 0.25) is 0 Å². The van der Waals surface area contributed by atoms with Gasteiger partial charge in [-0.15, -0.1) is 0 Å². The second-order valence-electron chi connectivity index (χ2n) is 6.81. The van der Waals surface area contributed by atoms with Gasteiger partial charge in [0.05, 0.1) is 5.60 Å². The van der Waals surface area contributed by atoms with Crippen molar-refractivity contribution in [2.24, 2.45) is 0 Å². The highest BCUT2D eigenvalue weighted by molar-refractivity contribution is 5.85. The molecule has 0 saturated carbocycles. The Morgan fingerprint density at radius 1 is 1.00 bits per heavy atom. The summed E-state index contributed by atoms with van der Waals surface area (Å²) in [6, 6.07) is 10.0. The predicted molar refractivity (Wildman–Crippen MR) is 89.4 cm³/mol. The largest absolute Gasteiger partial charge is 0.508 e. The van der Waals surface area contributed by atoms with Crippen molar-refractivity contribution in [2.45, 2.75) is 32.0 Å². The van der Waals surface area contributed by atoms with Crippen LogP contribution in [0, 0.1) is 0 Å². The molecule has 124 valence electrons. The van der Waals surface area contributed by atoms with Crippen molar-refractivity contribution in [1.82, 2.24) is 0 Å². The van der Waals surface area contributed by atoms with Gasteiger partial charge in [0.1, 0.15) is 34.7 Å². The number of ether oxygens (including phenoxy) is 1. The van der Waals surface area contributed by atoms with E-state index in [1.54, 1.807) is 13.8 Å². The highest BCUT2D eigenvalue weighted by Crippen LogP contribution is 2.39. The fourth-order valence-electron chi connectivity index (χ4n) is 3.05. The molecular formula is C19H18O5. The van der Waals surface area contributed by atoms with Crippen LogP contribution >= 0.6 is 0 Å². The van der Waals surface area contributed by atoms with Gasteiger partial charge in [0, 0.05) is 29.5 Å². The molecule has 0 unspecified atom stereocenters. The zero-order valence-electron chi connectivity index (χ0n) is 13.4. The van der Waals surface area contributed by atoms with Gasteiger partial charge < -0.3 is 24.5 Å². The Morgan fingerprint density at radius 2 is 1.71 bits per heavy atom. The number of phenols is 2. The van der Waals surface area contributed by atoms with E-state index in [0.717, 1.165) is 10.9 Å². The molecule has 2 aromatic carbocycles. The van der Waals surface area contributed by atoms with Crippen LogP contribution < -0.4 is 4.74 Å². The minimum absolute atomic E-state index is 0.0238. The lowest BCUT2D eigenvalue weighted by molar-refractivity contribution is -0.0229. The summed E-state index contributed by atoms with van der Waals surface area (Å²) in [6.07, 6.45) is 0.365. The van der Waals surface area contributed by atoms with Crippen LogP contribution in [0.5, 0.6) is 17.2 Å². The topological polar surface area (TPSA) is 83.1 Å². The number of benzene rings is 2. The first-order valence-electron chi connectivity index (χ1n) is 7.78. The van der Waals surface area contributed by atoms with Gasteiger partial charge in [0.15, 0.2) is 0 Å². The molecule has 1 aliphatic rings. The van der Waals surface area contributed by atoms with E-state index in [1.165, 1.54) is 18.2 Å². The lowest BCUT2D eigenvalue weighted by Crippen LogP contribution is -2.39. The maximum absolute atomic E-state index is 10.1. The van der Waals surface area contributed by atoms with Crippen molar-refractivity contribution in [2.75, 3.05) is 0 Å². The maximum Gasteiger partial charge on any atom is 0.138 e. The zero-order chi connectivity index (χ0) is 17.1. The fraction of sp³-hybridized carbons (Fsp3) is 0.263. The third-order valence-electron chi connectivity index (χ3n) is 4.35. The minimum atomic E-state index is -0.912. The molecule has 1 aromatic heterocycles. The second kappa shape index (κ2) is 4.92. The van der Waals surface area contributed by atoms with E-state index in [2.05, 4.69) is 0 Å². The Labute approximate surface area is 138 Å². The van der Waals surface area contributed by atoms with Crippen molar-refractivity contribution < 1.29 is 24.5 Å². The first-order chi connectivity index (χ1) is 11.3. The van der Waals surface area contributed by atoms with Crippen molar-refractivity contribution in [3.05, 3.63) is 42.0 Å². The number of aromatic hydroxyl groups is 2. The van der Waals surface area contributed by atoms with Gasteiger partial charge in [-0.05, 0) is 43.7 Å². The van der Waals surface area contributed by atoms with Gasteiger partial charge in [-0.2, -0.15) is 0 Å². The molecule has 0 spiro atoms. The highest BCUT2D eigenvalue weighted by atomic mass is 16.5.